The Labute approximate surface area is 149 Å². The van der Waals surface area contributed by atoms with Crippen LogP contribution in [0.5, 0.6) is 0 Å². The number of aromatic amines is 1. The van der Waals surface area contributed by atoms with Gasteiger partial charge in [-0.25, -0.2) is 0 Å². The van der Waals surface area contributed by atoms with Crippen molar-refractivity contribution < 1.29 is 9.59 Å². The molecule has 1 saturated heterocycles. The lowest BCUT2D eigenvalue weighted by Crippen LogP contribution is -2.51. The second kappa shape index (κ2) is 5.97. The Hall–Kier alpha value is -1.72. The van der Waals surface area contributed by atoms with Crippen LogP contribution in [0.1, 0.15) is 23.3 Å². The molecule has 2 aliphatic rings. The van der Waals surface area contributed by atoms with E-state index in [0.29, 0.717) is 41.9 Å². The number of carbonyl (C=O) groups is 2. The first kappa shape index (κ1) is 15.8. The molecular weight excluding hydrogens is 349 g/mol. The number of H-pyrrole nitrogens is 1. The van der Waals surface area contributed by atoms with E-state index in [4.69, 9.17) is 23.2 Å². The Balaban J connectivity index is 1.48. The molecule has 1 saturated carbocycles. The van der Waals surface area contributed by atoms with Crippen molar-refractivity contribution in [2.24, 2.45) is 5.92 Å². The molecule has 1 aliphatic carbocycles. The Morgan fingerprint density at radius 1 is 1.04 bits per heavy atom. The van der Waals surface area contributed by atoms with Crippen LogP contribution in [-0.4, -0.2) is 52.8 Å². The lowest BCUT2D eigenvalue weighted by Gasteiger charge is -2.34. The van der Waals surface area contributed by atoms with E-state index in [1.807, 2.05) is 11.0 Å². The number of hydrogen-bond donors (Lipinski definition) is 1. The summed E-state index contributed by atoms with van der Waals surface area (Å²) in [5, 5.41) is 1.66. The molecule has 0 atom stereocenters. The van der Waals surface area contributed by atoms with Gasteiger partial charge >= 0.3 is 0 Å². The van der Waals surface area contributed by atoms with E-state index in [-0.39, 0.29) is 17.7 Å². The molecule has 1 aromatic heterocycles. The van der Waals surface area contributed by atoms with Crippen LogP contribution in [0.3, 0.4) is 0 Å². The Morgan fingerprint density at radius 3 is 2.38 bits per heavy atom. The maximum Gasteiger partial charge on any atom is 0.270 e. The zero-order valence-corrected chi connectivity index (χ0v) is 14.5. The van der Waals surface area contributed by atoms with Crippen molar-refractivity contribution in [3.63, 3.8) is 0 Å². The largest absolute Gasteiger partial charge is 0.350 e. The van der Waals surface area contributed by atoms with Crippen LogP contribution < -0.4 is 0 Å². The molecule has 0 spiro atoms. The highest BCUT2D eigenvalue weighted by molar-refractivity contribution is 6.45. The molecule has 5 nitrogen and oxygen atoms in total. The van der Waals surface area contributed by atoms with Crippen molar-refractivity contribution >= 4 is 45.9 Å². The molecule has 4 rings (SSSR count). The van der Waals surface area contributed by atoms with E-state index < -0.39 is 0 Å². The third-order valence-electron chi connectivity index (χ3n) is 4.73. The summed E-state index contributed by atoms with van der Waals surface area (Å²) in [4.78, 5) is 31.5. The second-order valence-corrected chi connectivity index (χ2v) is 7.18. The molecule has 2 heterocycles. The molecular formula is C17H17Cl2N3O2. The average Bonchev–Trinajstić information content (AvgIpc) is 3.36. The lowest BCUT2D eigenvalue weighted by molar-refractivity contribution is -0.134. The summed E-state index contributed by atoms with van der Waals surface area (Å²) >= 11 is 12.2. The van der Waals surface area contributed by atoms with Gasteiger partial charge in [0.15, 0.2) is 0 Å². The van der Waals surface area contributed by atoms with Gasteiger partial charge in [0.05, 0.1) is 10.0 Å². The van der Waals surface area contributed by atoms with Gasteiger partial charge in [0.2, 0.25) is 5.91 Å². The van der Waals surface area contributed by atoms with Crippen molar-refractivity contribution in [3.05, 3.63) is 33.9 Å². The number of piperazine rings is 1. The van der Waals surface area contributed by atoms with Crippen LogP contribution >= 0.6 is 23.2 Å². The molecule has 2 aromatic rings. The fourth-order valence-corrected chi connectivity index (χ4v) is 3.53. The highest BCUT2D eigenvalue weighted by atomic mass is 35.5. The smallest absolute Gasteiger partial charge is 0.270 e. The minimum atomic E-state index is -0.0723. The van der Waals surface area contributed by atoms with Crippen molar-refractivity contribution in [3.8, 4) is 0 Å². The Bertz CT molecular complexity index is 821. The predicted octanol–water partition coefficient (Wildman–Crippen LogP) is 3.17. The summed E-state index contributed by atoms with van der Waals surface area (Å²) < 4.78 is 0. The zero-order valence-electron chi connectivity index (χ0n) is 13.0. The SMILES string of the molecule is O=C(c1cc2c(Cl)c(Cl)ccc2[nH]1)N1CCN(C(=O)C2CC2)CC1. The molecule has 0 unspecified atom stereocenters. The lowest BCUT2D eigenvalue weighted by atomic mass is 10.2. The fourth-order valence-electron chi connectivity index (χ4n) is 3.15. The van der Waals surface area contributed by atoms with E-state index in [1.165, 1.54) is 0 Å². The number of halogens is 2. The molecule has 1 N–H and O–H groups in total. The Morgan fingerprint density at radius 2 is 1.71 bits per heavy atom. The van der Waals surface area contributed by atoms with Crippen LogP contribution in [0, 0.1) is 5.92 Å². The van der Waals surface area contributed by atoms with Crippen molar-refractivity contribution in [1.82, 2.24) is 14.8 Å². The van der Waals surface area contributed by atoms with E-state index >= 15 is 0 Å². The van der Waals surface area contributed by atoms with Crippen molar-refractivity contribution in [2.75, 3.05) is 26.2 Å². The third-order valence-corrected chi connectivity index (χ3v) is 5.55. The van der Waals surface area contributed by atoms with E-state index in [0.717, 1.165) is 23.7 Å². The number of rotatable bonds is 2. The summed E-state index contributed by atoms with van der Waals surface area (Å²) in [6.07, 6.45) is 2.02. The van der Waals surface area contributed by atoms with Gasteiger partial charge in [-0.3, -0.25) is 9.59 Å². The summed E-state index contributed by atoms with van der Waals surface area (Å²) in [5.41, 5.74) is 1.28. The predicted molar refractivity (Wildman–Crippen MR) is 93.5 cm³/mol. The number of fused-ring (bicyclic) bond motifs is 1. The number of carbonyl (C=O) groups excluding carboxylic acids is 2. The van der Waals surface area contributed by atoms with Gasteiger partial charge in [0, 0.05) is 43.0 Å². The van der Waals surface area contributed by atoms with Crippen molar-refractivity contribution in [2.45, 2.75) is 12.8 Å². The molecule has 0 radical (unpaired) electrons. The van der Waals surface area contributed by atoms with E-state index in [2.05, 4.69) is 4.98 Å². The fraction of sp³-hybridized carbons (Fsp3) is 0.412. The zero-order chi connectivity index (χ0) is 16.8. The summed E-state index contributed by atoms with van der Waals surface area (Å²) in [7, 11) is 0. The molecule has 1 aromatic carbocycles. The van der Waals surface area contributed by atoms with Gasteiger partial charge in [-0.05, 0) is 31.0 Å². The van der Waals surface area contributed by atoms with Gasteiger partial charge < -0.3 is 14.8 Å². The number of amides is 2. The second-order valence-electron chi connectivity index (χ2n) is 6.40. The molecule has 126 valence electrons. The summed E-state index contributed by atoms with van der Waals surface area (Å²) in [6.45, 7) is 2.32. The topological polar surface area (TPSA) is 56.4 Å². The minimum Gasteiger partial charge on any atom is -0.350 e. The summed E-state index contributed by atoms with van der Waals surface area (Å²) in [6, 6.07) is 5.26. The first-order valence-electron chi connectivity index (χ1n) is 8.09. The minimum absolute atomic E-state index is 0.0723. The molecule has 0 bridgehead atoms. The first-order chi connectivity index (χ1) is 11.5. The average molecular weight is 366 g/mol. The molecule has 2 amide bonds. The van der Waals surface area contributed by atoms with Crippen molar-refractivity contribution in [1.29, 1.82) is 0 Å². The van der Waals surface area contributed by atoms with Crippen LogP contribution in [0.2, 0.25) is 10.0 Å². The van der Waals surface area contributed by atoms with Gasteiger partial charge in [-0.2, -0.15) is 0 Å². The van der Waals surface area contributed by atoms with Crippen LogP contribution in [0.25, 0.3) is 10.9 Å². The van der Waals surface area contributed by atoms with Crippen LogP contribution in [-0.2, 0) is 4.79 Å². The number of nitrogens with zero attached hydrogens (tertiary/aromatic N) is 2. The Kier molecular flexibility index (Phi) is 3.93. The number of nitrogens with one attached hydrogen (secondary N) is 1. The highest BCUT2D eigenvalue weighted by Gasteiger charge is 2.35. The molecule has 7 heteroatoms. The van der Waals surface area contributed by atoms with Gasteiger partial charge in [0.25, 0.3) is 5.91 Å². The van der Waals surface area contributed by atoms with Crippen LogP contribution in [0.4, 0.5) is 0 Å². The highest BCUT2D eigenvalue weighted by Crippen LogP contribution is 2.32. The standard InChI is InChI=1S/C17H17Cl2N3O2/c18-12-3-4-13-11(15(12)19)9-14(20-13)17(24)22-7-5-21(6-8-22)16(23)10-1-2-10/h3-4,9-10,20H,1-2,5-8H2. The van der Waals surface area contributed by atoms with E-state index in [1.54, 1.807) is 17.0 Å². The number of hydrogen-bond acceptors (Lipinski definition) is 2. The maximum atomic E-state index is 12.7. The molecule has 24 heavy (non-hydrogen) atoms. The first-order valence-corrected chi connectivity index (χ1v) is 8.85. The van der Waals surface area contributed by atoms with Gasteiger partial charge in [-0.1, -0.05) is 23.2 Å². The van der Waals surface area contributed by atoms with E-state index in [9.17, 15) is 9.59 Å². The monoisotopic (exact) mass is 365 g/mol. The third kappa shape index (κ3) is 2.76. The maximum absolute atomic E-state index is 12.7. The van der Waals surface area contributed by atoms with Crippen LogP contribution in [0.15, 0.2) is 18.2 Å². The number of benzene rings is 1. The molecule has 1 aliphatic heterocycles. The summed E-state index contributed by atoms with van der Waals surface area (Å²) in [5.74, 6) is 0.402. The number of aromatic nitrogens is 1. The molecule has 2 fully saturated rings. The van der Waals surface area contributed by atoms with Gasteiger partial charge in [-0.15, -0.1) is 0 Å². The normalized spacial score (nSPS) is 18.2. The quantitative estimate of drug-likeness (QED) is 0.888. The van der Waals surface area contributed by atoms with Gasteiger partial charge in [0.1, 0.15) is 5.69 Å².